The Bertz CT molecular complexity index is 681. The molecule has 24 heavy (non-hydrogen) atoms. The molecule has 0 aliphatic carbocycles. The molecule has 0 saturated carbocycles. The van der Waals surface area contributed by atoms with Gasteiger partial charge in [0.25, 0.3) is 0 Å². The summed E-state index contributed by atoms with van der Waals surface area (Å²) in [4.78, 5) is 24.2. The van der Waals surface area contributed by atoms with E-state index in [2.05, 4.69) is 9.97 Å². The van der Waals surface area contributed by atoms with E-state index in [9.17, 15) is 9.18 Å². The van der Waals surface area contributed by atoms with Gasteiger partial charge in [-0.1, -0.05) is 12.1 Å². The van der Waals surface area contributed by atoms with E-state index in [0.717, 1.165) is 5.56 Å². The van der Waals surface area contributed by atoms with Crippen LogP contribution in [0.1, 0.15) is 11.7 Å². The number of ether oxygens (including phenoxy) is 1. The third-order valence-corrected chi connectivity index (χ3v) is 3.97. The maximum absolute atomic E-state index is 13.0. The van der Waals surface area contributed by atoms with E-state index >= 15 is 0 Å². The van der Waals surface area contributed by atoms with Gasteiger partial charge in [0, 0.05) is 26.0 Å². The number of morpholine rings is 1. The van der Waals surface area contributed by atoms with E-state index in [0.29, 0.717) is 25.5 Å². The Morgan fingerprint density at radius 1 is 1.38 bits per heavy atom. The van der Waals surface area contributed by atoms with E-state index in [1.165, 1.54) is 12.1 Å². The number of likely N-dealkylation sites (N-methyl/N-ethyl adjacent to an activating group) is 1. The Morgan fingerprint density at radius 3 is 2.88 bits per heavy atom. The Kier molecular flexibility index (Phi) is 5.00. The zero-order valence-electron chi connectivity index (χ0n) is 13.4. The van der Waals surface area contributed by atoms with Gasteiger partial charge in [-0.25, -0.2) is 9.37 Å². The monoisotopic (exact) mass is 330 g/mol. The van der Waals surface area contributed by atoms with Crippen LogP contribution in [0.15, 0.2) is 42.9 Å². The fourth-order valence-electron chi connectivity index (χ4n) is 2.63. The lowest BCUT2D eigenvalue weighted by atomic mass is 10.1. The zero-order chi connectivity index (χ0) is 16.9. The number of hydrogen-bond donors (Lipinski definition) is 0. The third-order valence-electron chi connectivity index (χ3n) is 3.97. The molecule has 0 spiro atoms. The molecule has 0 unspecified atom stereocenters. The van der Waals surface area contributed by atoms with Gasteiger partial charge in [0.1, 0.15) is 17.7 Å². The lowest BCUT2D eigenvalue weighted by Crippen LogP contribution is -2.46. The van der Waals surface area contributed by atoms with Crippen LogP contribution < -0.4 is 4.90 Å². The molecule has 0 bridgehead atoms. The number of rotatable bonds is 4. The molecule has 0 N–H and O–H groups in total. The minimum absolute atomic E-state index is 0.00133. The van der Waals surface area contributed by atoms with Crippen LogP contribution in [0.4, 0.5) is 10.2 Å². The molecule has 1 aromatic heterocycles. The SMILES string of the molecule is CN(CC(=O)N1CCO[C@@H](c2ccc(F)cc2)C1)c1cnccn1. The highest BCUT2D eigenvalue weighted by atomic mass is 19.1. The smallest absolute Gasteiger partial charge is 0.242 e. The van der Waals surface area contributed by atoms with Crippen molar-refractivity contribution in [1.29, 1.82) is 0 Å². The number of aromatic nitrogens is 2. The molecule has 1 amide bonds. The second kappa shape index (κ2) is 7.35. The Labute approximate surface area is 139 Å². The Balaban J connectivity index is 1.61. The van der Waals surface area contributed by atoms with Gasteiger partial charge in [-0.3, -0.25) is 9.78 Å². The second-order valence-corrected chi connectivity index (χ2v) is 5.67. The summed E-state index contributed by atoms with van der Waals surface area (Å²) in [6.07, 6.45) is 4.57. The summed E-state index contributed by atoms with van der Waals surface area (Å²) in [5.41, 5.74) is 0.871. The van der Waals surface area contributed by atoms with Crippen LogP contribution in [0, 0.1) is 5.82 Å². The summed E-state index contributed by atoms with van der Waals surface area (Å²) in [6, 6.07) is 6.20. The summed E-state index contributed by atoms with van der Waals surface area (Å²) in [5.74, 6) is 0.362. The van der Waals surface area contributed by atoms with E-state index < -0.39 is 0 Å². The van der Waals surface area contributed by atoms with Crippen LogP contribution in [-0.2, 0) is 9.53 Å². The molecule has 1 aliphatic rings. The van der Waals surface area contributed by atoms with Crippen molar-refractivity contribution in [2.45, 2.75) is 6.10 Å². The average molecular weight is 330 g/mol. The van der Waals surface area contributed by atoms with Crippen LogP contribution in [0.5, 0.6) is 0 Å². The number of benzene rings is 1. The molecule has 0 radical (unpaired) electrons. The fourth-order valence-corrected chi connectivity index (χ4v) is 2.63. The lowest BCUT2D eigenvalue weighted by molar-refractivity contribution is -0.137. The molecular formula is C17H19FN4O2. The summed E-state index contributed by atoms with van der Waals surface area (Å²) in [7, 11) is 1.81. The molecule has 6 nitrogen and oxygen atoms in total. The largest absolute Gasteiger partial charge is 0.370 e. The third kappa shape index (κ3) is 3.86. The van der Waals surface area contributed by atoms with Crippen LogP contribution in [0.3, 0.4) is 0 Å². The van der Waals surface area contributed by atoms with Crippen molar-refractivity contribution in [1.82, 2.24) is 14.9 Å². The molecule has 2 heterocycles. The molecule has 126 valence electrons. The maximum Gasteiger partial charge on any atom is 0.242 e. The molecule has 1 fully saturated rings. The van der Waals surface area contributed by atoms with Crippen molar-refractivity contribution < 1.29 is 13.9 Å². The molecule has 2 aromatic rings. The highest BCUT2D eigenvalue weighted by molar-refractivity contribution is 5.81. The first kappa shape index (κ1) is 16.3. The van der Waals surface area contributed by atoms with Gasteiger partial charge >= 0.3 is 0 Å². The highest BCUT2D eigenvalue weighted by Gasteiger charge is 2.26. The van der Waals surface area contributed by atoms with Crippen LogP contribution in [0.2, 0.25) is 0 Å². The molecule has 3 rings (SSSR count). The number of anilines is 1. The molecule has 1 saturated heterocycles. The first-order chi connectivity index (χ1) is 11.6. The summed E-state index contributed by atoms with van der Waals surface area (Å²) in [5, 5.41) is 0. The van der Waals surface area contributed by atoms with Crippen molar-refractivity contribution in [2.24, 2.45) is 0 Å². The summed E-state index contributed by atoms with van der Waals surface area (Å²) >= 11 is 0. The van der Waals surface area contributed by atoms with E-state index in [4.69, 9.17) is 4.74 Å². The van der Waals surface area contributed by atoms with Gasteiger partial charge in [-0.2, -0.15) is 0 Å². The number of carbonyl (C=O) groups is 1. The van der Waals surface area contributed by atoms with Crippen molar-refractivity contribution in [2.75, 3.05) is 38.2 Å². The molecule has 7 heteroatoms. The van der Waals surface area contributed by atoms with E-state index in [-0.39, 0.29) is 24.4 Å². The zero-order valence-corrected chi connectivity index (χ0v) is 13.4. The molecular weight excluding hydrogens is 311 g/mol. The van der Waals surface area contributed by atoms with Crippen molar-refractivity contribution >= 4 is 11.7 Å². The maximum atomic E-state index is 13.0. The molecule has 1 aromatic carbocycles. The number of hydrogen-bond acceptors (Lipinski definition) is 5. The van der Waals surface area contributed by atoms with Crippen molar-refractivity contribution in [3.8, 4) is 0 Å². The van der Waals surface area contributed by atoms with Crippen LogP contribution in [-0.4, -0.2) is 54.1 Å². The molecule has 1 atom stereocenters. The van der Waals surface area contributed by atoms with Crippen LogP contribution >= 0.6 is 0 Å². The first-order valence-corrected chi connectivity index (χ1v) is 7.75. The quantitative estimate of drug-likeness (QED) is 0.853. The van der Waals surface area contributed by atoms with Gasteiger partial charge in [0.2, 0.25) is 5.91 Å². The standard InChI is InChI=1S/C17H19FN4O2/c1-21(16-10-19-6-7-20-16)12-17(23)22-8-9-24-15(11-22)13-2-4-14(18)5-3-13/h2-7,10,15H,8-9,11-12H2,1H3/t15-/m1/s1. The number of halogens is 1. The number of carbonyl (C=O) groups excluding carboxylic acids is 1. The van der Waals surface area contributed by atoms with E-state index in [1.54, 1.807) is 47.6 Å². The Morgan fingerprint density at radius 2 is 2.17 bits per heavy atom. The van der Waals surface area contributed by atoms with Gasteiger partial charge in [-0.05, 0) is 17.7 Å². The van der Waals surface area contributed by atoms with E-state index in [1.807, 2.05) is 0 Å². The predicted molar refractivity (Wildman–Crippen MR) is 87.0 cm³/mol. The minimum Gasteiger partial charge on any atom is -0.370 e. The second-order valence-electron chi connectivity index (χ2n) is 5.67. The first-order valence-electron chi connectivity index (χ1n) is 7.75. The molecule has 1 aliphatic heterocycles. The van der Waals surface area contributed by atoms with Gasteiger partial charge in [0.05, 0.1) is 25.9 Å². The minimum atomic E-state index is -0.284. The van der Waals surface area contributed by atoms with Gasteiger partial charge in [0.15, 0.2) is 0 Å². The fraction of sp³-hybridized carbons (Fsp3) is 0.353. The highest BCUT2D eigenvalue weighted by Crippen LogP contribution is 2.22. The van der Waals surface area contributed by atoms with Gasteiger partial charge < -0.3 is 14.5 Å². The normalized spacial score (nSPS) is 17.6. The summed E-state index contributed by atoms with van der Waals surface area (Å²) < 4.78 is 18.8. The topological polar surface area (TPSA) is 58.6 Å². The predicted octanol–water partition coefficient (Wildman–Crippen LogP) is 1.65. The number of amides is 1. The average Bonchev–Trinajstić information content (AvgIpc) is 2.63. The van der Waals surface area contributed by atoms with Crippen molar-refractivity contribution in [3.63, 3.8) is 0 Å². The van der Waals surface area contributed by atoms with Crippen molar-refractivity contribution in [3.05, 3.63) is 54.2 Å². The van der Waals surface area contributed by atoms with Gasteiger partial charge in [-0.15, -0.1) is 0 Å². The number of nitrogens with zero attached hydrogens (tertiary/aromatic N) is 4. The summed E-state index contributed by atoms with van der Waals surface area (Å²) in [6.45, 7) is 1.68. The van der Waals surface area contributed by atoms with Crippen LogP contribution in [0.25, 0.3) is 0 Å². The Hall–Kier alpha value is -2.54. The lowest BCUT2D eigenvalue weighted by Gasteiger charge is -2.34.